The average Bonchev–Trinajstić information content (AvgIpc) is 2.64. The van der Waals surface area contributed by atoms with Crippen LogP contribution in [0.5, 0.6) is 0 Å². The van der Waals surface area contributed by atoms with Crippen LogP contribution in [0, 0.1) is 0 Å². The molecule has 2 N–H and O–H groups in total. The molecule has 0 aromatic heterocycles. The number of hydrogen-bond acceptors (Lipinski definition) is 5. The zero-order chi connectivity index (χ0) is 22.5. The van der Waals surface area contributed by atoms with E-state index in [1.807, 2.05) is 6.92 Å². The molecule has 30 heavy (non-hydrogen) atoms. The SMILES string of the molecule is C[C@H]1CN(c2ccc(NC(=O)CCCCNS(=O)(=O)C(C)(C)C)cc2)C(F)[C@@H](C)O1. The molecule has 1 fully saturated rings. The molecule has 0 saturated carbocycles. The highest BCUT2D eigenvalue weighted by Gasteiger charge is 2.32. The molecule has 1 saturated heterocycles. The number of sulfonamides is 1. The van der Waals surface area contributed by atoms with Gasteiger partial charge < -0.3 is 15.0 Å². The lowest BCUT2D eigenvalue weighted by Crippen LogP contribution is -2.51. The van der Waals surface area contributed by atoms with Gasteiger partial charge in [0.2, 0.25) is 15.9 Å². The van der Waals surface area contributed by atoms with E-state index < -0.39 is 27.2 Å². The number of amides is 1. The maximum Gasteiger partial charge on any atom is 0.224 e. The molecule has 1 aromatic carbocycles. The summed E-state index contributed by atoms with van der Waals surface area (Å²) in [6.45, 7) is 9.33. The fourth-order valence-electron chi connectivity index (χ4n) is 3.15. The van der Waals surface area contributed by atoms with Gasteiger partial charge in [0.05, 0.1) is 10.9 Å². The molecular weight excluding hydrogens is 409 g/mol. The van der Waals surface area contributed by atoms with Crippen LogP contribution in [0.4, 0.5) is 15.8 Å². The van der Waals surface area contributed by atoms with Crippen molar-refractivity contribution in [2.45, 2.75) is 77.1 Å². The lowest BCUT2D eigenvalue weighted by molar-refractivity contribution is -0.116. The van der Waals surface area contributed by atoms with Gasteiger partial charge in [0, 0.05) is 30.9 Å². The molecule has 0 bridgehead atoms. The van der Waals surface area contributed by atoms with Crippen LogP contribution in [0.2, 0.25) is 0 Å². The summed E-state index contributed by atoms with van der Waals surface area (Å²) in [6.07, 6.45) is -0.321. The molecule has 0 aliphatic carbocycles. The minimum absolute atomic E-state index is 0.0562. The standard InChI is InChI=1S/C21H34FN3O4S/c1-15-14-25(20(22)16(2)29-15)18-11-9-17(10-12-18)24-19(26)8-6-7-13-23-30(27,28)21(3,4)5/h9-12,15-16,20,23H,6-8,13-14H2,1-5H3,(H,24,26)/t15-,16+,20?/m0/s1. The fourth-order valence-corrected chi connectivity index (χ4v) is 3.99. The Balaban J connectivity index is 1.77. The third-order valence-electron chi connectivity index (χ3n) is 5.00. The first-order chi connectivity index (χ1) is 13.9. The van der Waals surface area contributed by atoms with Crippen molar-refractivity contribution in [2.24, 2.45) is 0 Å². The summed E-state index contributed by atoms with van der Waals surface area (Å²) in [7, 11) is -3.36. The lowest BCUT2D eigenvalue weighted by atomic mass is 10.1. The van der Waals surface area contributed by atoms with E-state index in [0.29, 0.717) is 38.0 Å². The molecule has 170 valence electrons. The van der Waals surface area contributed by atoms with Crippen molar-refractivity contribution >= 4 is 27.3 Å². The number of halogens is 1. The van der Waals surface area contributed by atoms with E-state index in [2.05, 4.69) is 10.0 Å². The summed E-state index contributed by atoms with van der Waals surface area (Å²) in [5.74, 6) is -0.140. The Kier molecular flexibility index (Phi) is 8.24. The summed E-state index contributed by atoms with van der Waals surface area (Å²) in [6, 6.07) is 7.08. The van der Waals surface area contributed by atoms with Crippen molar-refractivity contribution in [1.82, 2.24) is 4.72 Å². The molecule has 9 heteroatoms. The van der Waals surface area contributed by atoms with Gasteiger partial charge in [0.1, 0.15) is 6.10 Å². The number of anilines is 2. The molecule has 0 radical (unpaired) electrons. The monoisotopic (exact) mass is 443 g/mol. The van der Waals surface area contributed by atoms with Crippen LogP contribution >= 0.6 is 0 Å². The fraction of sp³-hybridized carbons (Fsp3) is 0.667. The number of benzene rings is 1. The highest BCUT2D eigenvalue weighted by Crippen LogP contribution is 2.27. The maximum absolute atomic E-state index is 14.4. The number of morpholine rings is 1. The van der Waals surface area contributed by atoms with Gasteiger partial charge in [-0.25, -0.2) is 17.5 Å². The minimum atomic E-state index is -3.36. The molecule has 0 spiro atoms. The van der Waals surface area contributed by atoms with Crippen LogP contribution in [0.1, 0.15) is 53.9 Å². The van der Waals surface area contributed by atoms with E-state index in [0.717, 1.165) is 5.69 Å². The van der Waals surface area contributed by atoms with E-state index in [-0.39, 0.29) is 12.0 Å². The van der Waals surface area contributed by atoms with Gasteiger partial charge in [-0.3, -0.25) is 4.79 Å². The Morgan fingerprint density at radius 2 is 1.83 bits per heavy atom. The second kappa shape index (κ2) is 10.1. The Bertz CT molecular complexity index is 809. The van der Waals surface area contributed by atoms with Crippen LogP contribution in [0.15, 0.2) is 24.3 Å². The number of carbonyl (C=O) groups excluding carboxylic acids is 1. The molecule has 1 aromatic rings. The van der Waals surface area contributed by atoms with Crippen molar-refractivity contribution in [3.05, 3.63) is 24.3 Å². The van der Waals surface area contributed by atoms with E-state index in [1.165, 1.54) is 0 Å². The number of ether oxygens (including phenoxy) is 1. The Morgan fingerprint density at radius 3 is 2.43 bits per heavy atom. The third kappa shape index (κ3) is 6.65. The van der Waals surface area contributed by atoms with Crippen LogP contribution in [0.3, 0.4) is 0 Å². The third-order valence-corrected chi connectivity index (χ3v) is 7.19. The summed E-state index contributed by atoms with van der Waals surface area (Å²) in [4.78, 5) is 13.8. The Labute approximate surface area is 179 Å². The van der Waals surface area contributed by atoms with Gasteiger partial charge in [0.25, 0.3) is 0 Å². The van der Waals surface area contributed by atoms with Gasteiger partial charge in [-0.2, -0.15) is 0 Å². The first-order valence-electron chi connectivity index (χ1n) is 10.4. The average molecular weight is 444 g/mol. The number of rotatable bonds is 8. The second-order valence-electron chi connectivity index (χ2n) is 8.74. The number of nitrogens with one attached hydrogen (secondary N) is 2. The largest absolute Gasteiger partial charge is 0.369 e. The highest BCUT2D eigenvalue weighted by atomic mass is 32.2. The van der Waals surface area contributed by atoms with Crippen LogP contribution in [-0.4, -0.2) is 50.7 Å². The van der Waals surface area contributed by atoms with E-state index in [4.69, 9.17) is 4.74 Å². The van der Waals surface area contributed by atoms with Crippen molar-refractivity contribution < 1.29 is 22.3 Å². The second-order valence-corrected chi connectivity index (χ2v) is 11.3. The van der Waals surface area contributed by atoms with Crippen molar-refractivity contribution in [3.63, 3.8) is 0 Å². The lowest BCUT2D eigenvalue weighted by Gasteiger charge is -2.39. The van der Waals surface area contributed by atoms with E-state index in [9.17, 15) is 17.6 Å². The normalized spacial score (nSPS) is 22.7. The van der Waals surface area contributed by atoms with Gasteiger partial charge in [-0.05, 0) is 71.7 Å². The highest BCUT2D eigenvalue weighted by molar-refractivity contribution is 7.90. The summed E-state index contributed by atoms with van der Waals surface area (Å²) < 4.78 is 45.6. The van der Waals surface area contributed by atoms with Gasteiger partial charge >= 0.3 is 0 Å². The number of unbranched alkanes of at least 4 members (excludes halogenated alkanes) is 1. The topological polar surface area (TPSA) is 87.7 Å². The first kappa shape index (κ1) is 24.6. The van der Waals surface area contributed by atoms with Crippen LogP contribution in [0.25, 0.3) is 0 Å². The van der Waals surface area contributed by atoms with Gasteiger partial charge in [-0.15, -0.1) is 0 Å². The maximum atomic E-state index is 14.4. The molecule has 1 aliphatic rings. The predicted octanol–water partition coefficient (Wildman–Crippen LogP) is 3.42. The number of hydrogen-bond donors (Lipinski definition) is 2. The molecule has 2 rings (SSSR count). The first-order valence-corrected chi connectivity index (χ1v) is 11.8. The molecule has 1 aliphatic heterocycles. The molecule has 7 nitrogen and oxygen atoms in total. The van der Waals surface area contributed by atoms with Crippen molar-refractivity contribution in [1.29, 1.82) is 0 Å². The van der Waals surface area contributed by atoms with Crippen molar-refractivity contribution in [3.8, 4) is 0 Å². The van der Waals surface area contributed by atoms with E-state index in [1.54, 1.807) is 56.9 Å². The Hall–Kier alpha value is -1.71. The van der Waals surface area contributed by atoms with Crippen molar-refractivity contribution in [2.75, 3.05) is 23.3 Å². The van der Waals surface area contributed by atoms with Crippen LogP contribution < -0.4 is 14.9 Å². The molecule has 1 heterocycles. The van der Waals surface area contributed by atoms with E-state index >= 15 is 0 Å². The zero-order valence-electron chi connectivity index (χ0n) is 18.4. The van der Waals surface area contributed by atoms with Crippen LogP contribution in [-0.2, 0) is 19.6 Å². The smallest absolute Gasteiger partial charge is 0.224 e. The molecule has 1 unspecified atom stereocenters. The number of nitrogens with zero attached hydrogens (tertiary/aromatic N) is 1. The summed E-state index contributed by atoms with van der Waals surface area (Å²) in [5.41, 5.74) is 1.38. The Morgan fingerprint density at radius 1 is 1.20 bits per heavy atom. The number of alkyl halides is 1. The predicted molar refractivity (Wildman–Crippen MR) is 118 cm³/mol. The van der Waals surface area contributed by atoms with Gasteiger partial charge in [0.15, 0.2) is 6.30 Å². The van der Waals surface area contributed by atoms with Gasteiger partial charge in [-0.1, -0.05) is 0 Å². The summed E-state index contributed by atoms with van der Waals surface area (Å²) >= 11 is 0. The zero-order valence-corrected chi connectivity index (χ0v) is 19.3. The quantitative estimate of drug-likeness (QED) is 0.475. The molecule has 1 amide bonds. The molecular formula is C21H34FN3O4S. The number of carbonyl (C=O) groups is 1. The summed E-state index contributed by atoms with van der Waals surface area (Å²) in [5, 5.41) is 2.82. The minimum Gasteiger partial charge on any atom is -0.369 e. The molecule has 3 atom stereocenters.